The minimum atomic E-state index is -4.79. The SMILES string of the molecule is [C-]#[N+]c1c(C(F)(F)F)cc(-c2ccccc2)n(N=C2[C@H]3CC4C[C@@H](C3)C[C@H]2C4)c1=O. The van der Waals surface area contributed by atoms with Gasteiger partial charge in [-0.3, -0.25) is 4.79 Å². The Balaban J connectivity index is 1.74. The lowest BCUT2D eigenvalue weighted by molar-refractivity contribution is -0.136. The van der Waals surface area contributed by atoms with Crippen LogP contribution in [0.25, 0.3) is 16.1 Å². The van der Waals surface area contributed by atoms with Gasteiger partial charge < -0.3 is 0 Å². The quantitative estimate of drug-likeness (QED) is 0.581. The first-order chi connectivity index (χ1) is 14.3. The van der Waals surface area contributed by atoms with Crippen molar-refractivity contribution in [2.75, 3.05) is 0 Å². The Morgan fingerprint density at radius 1 is 1.00 bits per heavy atom. The monoisotopic (exact) mass is 411 g/mol. The Hall–Kier alpha value is -2.88. The zero-order chi connectivity index (χ0) is 21.0. The van der Waals surface area contributed by atoms with Crippen molar-refractivity contribution in [2.24, 2.45) is 28.8 Å². The van der Waals surface area contributed by atoms with Crippen LogP contribution in [0.2, 0.25) is 0 Å². The molecule has 4 aliphatic rings. The topological polar surface area (TPSA) is 38.7 Å². The summed E-state index contributed by atoms with van der Waals surface area (Å²) < 4.78 is 41.9. The van der Waals surface area contributed by atoms with Crippen LogP contribution in [0.5, 0.6) is 0 Å². The molecule has 0 radical (unpaired) electrons. The molecule has 1 heterocycles. The average Bonchev–Trinajstić information content (AvgIpc) is 2.70. The van der Waals surface area contributed by atoms with Gasteiger partial charge >= 0.3 is 6.18 Å². The van der Waals surface area contributed by atoms with Crippen molar-refractivity contribution in [3.63, 3.8) is 0 Å². The zero-order valence-electron chi connectivity index (χ0n) is 16.2. The lowest BCUT2D eigenvalue weighted by Gasteiger charge is -2.50. The minimum absolute atomic E-state index is 0.0710. The van der Waals surface area contributed by atoms with Crippen molar-refractivity contribution in [3.05, 3.63) is 63.7 Å². The molecule has 30 heavy (non-hydrogen) atoms. The van der Waals surface area contributed by atoms with Gasteiger partial charge in [0, 0.05) is 11.3 Å². The molecular formula is C23H20F3N3O. The maximum atomic E-state index is 13.6. The fourth-order valence-corrected chi connectivity index (χ4v) is 5.77. The Morgan fingerprint density at radius 2 is 1.60 bits per heavy atom. The van der Waals surface area contributed by atoms with E-state index in [0.717, 1.165) is 42.1 Å². The number of rotatable bonds is 2. The molecule has 4 nitrogen and oxygen atoms in total. The van der Waals surface area contributed by atoms with E-state index in [2.05, 4.69) is 9.95 Å². The van der Waals surface area contributed by atoms with Crippen molar-refractivity contribution in [3.8, 4) is 11.3 Å². The summed E-state index contributed by atoms with van der Waals surface area (Å²) >= 11 is 0. The third-order valence-corrected chi connectivity index (χ3v) is 6.84. The number of pyridine rings is 1. The maximum Gasteiger partial charge on any atom is 0.407 e. The van der Waals surface area contributed by atoms with Crippen LogP contribution in [0.1, 0.15) is 37.7 Å². The van der Waals surface area contributed by atoms with Crippen molar-refractivity contribution >= 4 is 11.4 Å². The molecule has 4 fully saturated rings. The van der Waals surface area contributed by atoms with E-state index in [1.807, 2.05) is 0 Å². The number of hydrogen-bond acceptors (Lipinski definition) is 2. The molecule has 0 amide bonds. The molecule has 2 aromatic rings. The molecule has 0 N–H and O–H groups in total. The summed E-state index contributed by atoms with van der Waals surface area (Å²) in [6.45, 7) is 7.22. The first-order valence-electron chi connectivity index (χ1n) is 10.2. The zero-order valence-corrected chi connectivity index (χ0v) is 16.2. The Labute approximate surface area is 171 Å². The van der Waals surface area contributed by atoms with Crippen LogP contribution in [0.3, 0.4) is 0 Å². The van der Waals surface area contributed by atoms with E-state index in [4.69, 9.17) is 6.57 Å². The van der Waals surface area contributed by atoms with Gasteiger partial charge in [0.05, 0.1) is 17.8 Å². The molecule has 1 aromatic carbocycles. The van der Waals surface area contributed by atoms with Gasteiger partial charge in [0.15, 0.2) is 0 Å². The summed E-state index contributed by atoms with van der Waals surface area (Å²) in [5.74, 6) is 1.97. The van der Waals surface area contributed by atoms with Gasteiger partial charge in [-0.25, -0.2) is 9.52 Å². The van der Waals surface area contributed by atoms with Gasteiger partial charge in [0.1, 0.15) is 0 Å². The standard InChI is InChI=1S/C23H20F3N3O/c1-27-21-18(23(24,25)26)12-19(15-5-3-2-4-6-15)29(22(21)30)28-20-16-8-13-7-14(10-16)11-17(20)9-13/h2-6,12-14,16-17H,7-11H2/t13-,14?,16+,17-. The normalized spacial score (nSPS) is 27.2. The summed E-state index contributed by atoms with van der Waals surface area (Å²) in [6, 6.07) is 9.37. The van der Waals surface area contributed by atoms with E-state index in [9.17, 15) is 18.0 Å². The van der Waals surface area contributed by atoms with Gasteiger partial charge in [-0.05, 0) is 61.8 Å². The second-order valence-corrected chi connectivity index (χ2v) is 8.71. The smallest absolute Gasteiger partial charge is 0.281 e. The fourth-order valence-electron chi connectivity index (χ4n) is 5.77. The van der Waals surface area contributed by atoms with Gasteiger partial charge in [-0.2, -0.15) is 18.3 Å². The predicted octanol–water partition coefficient (Wildman–Crippen LogP) is 5.75. The molecule has 4 aliphatic carbocycles. The van der Waals surface area contributed by atoms with E-state index in [0.29, 0.717) is 17.4 Å². The summed E-state index contributed by atoms with van der Waals surface area (Å²) in [5, 5.41) is 4.68. The minimum Gasteiger partial charge on any atom is -0.281 e. The van der Waals surface area contributed by atoms with E-state index < -0.39 is 23.0 Å². The third kappa shape index (κ3) is 3.06. The average molecular weight is 411 g/mol. The van der Waals surface area contributed by atoms with E-state index in [-0.39, 0.29) is 17.5 Å². The van der Waals surface area contributed by atoms with Crippen LogP contribution in [0, 0.1) is 30.2 Å². The lowest BCUT2D eigenvalue weighted by atomic mass is 9.55. The first-order valence-corrected chi connectivity index (χ1v) is 10.2. The number of hydrogen-bond donors (Lipinski definition) is 0. The molecule has 4 bridgehead atoms. The number of nitrogens with zero attached hydrogens (tertiary/aromatic N) is 3. The summed E-state index contributed by atoms with van der Waals surface area (Å²) in [6.07, 6.45) is 0.624. The molecule has 4 saturated carbocycles. The van der Waals surface area contributed by atoms with Crippen molar-refractivity contribution in [1.29, 1.82) is 0 Å². The molecule has 0 unspecified atom stereocenters. The van der Waals surface area contributed by atoms with Gasteiger partial charge in [-0.1, -0.05) is 30.3 Å². The van der Waals surface area contributed by atoms with Crippen molar-refractivity contribution in [2.45, 2.75) is 38.3 Å². The van der Waals surface area contributed by atoms with Crippen LogP contribution in [0.4, 0.5) is 18.9 Å². The highest BCUT2D eigenvalue weighted by atomic mass is 19.4. The van der Waals surface area contributed by atoms with E-state index in [1.54, 1.807) is 30.3 Å². The second-order valence-electron chi connectivity index (χ2n) is 8.71. The Kier molecular flexibility index (Phi) is 4.35. The predicted molar refractivity (Wildman–Crippen MR) is 107 cm³/mol. The van der Waals surface area contributed by atoms with Gasteiger partial charge in [0.2, 0.25) is 0 Å². The van der Waals surface area contributed by atoms with E-state index in [1.165, 1.54) is 6.42 Å². The Bertz CT molecular complexity index is 1100. The second kappa shape index (κ2) is 6.83. The van der Waals surface area contributed by atoms with Gasteiger partial charge in [-0.15, -0.1) is 0 Å². The molecule has 154 valence electrons. The molecule has 1 aromatic heterocycles. The van der Waals surface area contributed by atoms with Crippen LogP contribution in [-0.4, -0.2) is 10.4 Å². The lowest BCUT2D eigenvalue weighted by Crippen LogP contribution is -2.46. The summed E-state index contributed by atoms with van der Waals surface area (Å²) in [5.41, 5.74) is -1.66. The summed E-state index contributed by atoms with van der Waals surface area (Å²) in [7, 11) is 0. The number of aromatic nitrogens is 1. The van der Waals surface area contributed by atoms with Crippen LogP contribution in [0.15, 0.2) is 46.3 Å². The third-order valence-electron chi connectivity index (χ3n) is 6.84. The molecule has 0 spiro atoms. The molecule has 0 atom stereocenters. The molecule has 6 rings (SSSR count). The van der Waals surface area contributed by atoms with Gasteiger partial charge in [0.25, 0.3) is 11.2 Å². The molecular weight excluding hydrogens is 391 g/mol. The number of benzene rings is 1. The fraction of sp³-hybridized carbons (Fsp3) is 0.435. The highest BCUT2D eigenvalue weighted by molar-refractivity contribution is 5.91. The van der Waals surface area contributed by atoms with Crippen LogP contribution >= 0.6 is 0 Å². The van der Waals surface area contributed by atoms with Crippen LogP contribution < -0.4 is 5.56 Å². The van der Waals surface area contributed by atoms with Crippen LogP contribution in [-0.2, 0) is 6.18 Å². The number of alkyl halides is 3. The van der Waals surface area contributed by atoms with E-state index >= 15 is 0 Å². The molecule has 7 heteroatoms. The van der Waals surface area contributed by atoms with Crippen molar-refractivity contribution < 1.29 is 13.2 Å². The molecule has 0 aliphatic heterocycles. The highest BCUT2D eigenvalue weighted by Gasteiger charge is 2.46. The highest BCUT2D eigenvalue weighted by Crippen LogP contribution is 2.52. The Morgan fingerprint density at radius 3 is 2.13 bits per heavy atom. The molecule has 0 saturated heterocycles. The maximum absolute atomic E-state index is 13.6. The largest absolute Gasteiger partial charge is 0.407 e. The number of halogens is 3. The first kappa shape index (κ1) is 19.1. The van der Waals surface area contributed by atoms with Crippen molar-refractivity contribution in [1.82, 2.24) is 4.68 Å². The summed E-state index contributed by atoms with van der Waals surface area (Å²) in [4.78, 5) is 16.0.